The van der Waals surface area contributed by atoms with Crippen LogP contribution in [0.3, 0.4) is 0 Å². The van der Waals surface area contributed by atoms with Gasteiger partial charge in [0.15, 0.2) is 0 Å². The Morgan fingerprint density at radius 2 is 2.00 bits per heavy atom. The van der Waals surface area contributed by atoms with E-state index in [1.54, 1.807) is 0 Å². The molecule has 0 aliphatic carbocycles. The van der Waals surface area contributed by atoms with Crippen LogP contribution in [-0.4, -0.2) is 20.9 Å². The van der Waals surface area contributed by atoms with E-state index < -0.39 is 0 Å². The summed E-state index contributed by atoms with van der Waals surface area (Å²) in [6.45, 7) is 6.89. The first kappa shape index (κ1) is 13.0. The summed E-state index contributed by atoms with van der Waals surface area (Å²) in [7, 11) is 5.44. The van der Waals surface area contributed by atoms with Gasteiger partial charge in [-0.3, -0.25) is 0 Å². The Morgan fingerprint density at radius 3 is 2.62 bits per heavy atom. The van der Waals surface area contributed by atoms with E-state index in [1.165, 1.54) is 45.2 Å². The third kappa shape index (κ3) is 9.94. The molecule has 0 fully saturated rings. The second-order valence-corrected chi connectivity index (χ2v) is 3.95. The van der Waals surface area contributed by atoms with Crippen molar-refractivity contribution in [2.24, 2.45) is 5.92 Å². The normalized spacial score (nSPS) is 13.1. The highest BCUT2D eigenvalue weighted by molar-refractivity contribution is 6.08. The molecule has 0 aromatic heterocycles. The van der Waals surface area contributed by atoms with E-state index in [9.17, 15) is 0 Å². The fourth-order valence-corrected chi connectivity index (χ4v) is 1.39. The fourth-order valence-electron chi connectivity index (χ4n) is 1.39. The number of hydrogen-bond donors (Lipinski definition) is 1. The quantitative estimate of drug-likeness (QED) is 0.426. The molecule has 0 aromatic rings. The average molecular weight is 181 g/mol. The predicted molar refractivity (Wildman–Crippen MR) is 61.4 cm³/mol. The topological polar surface area (TPSA) is 12.0 Å². The summed E-state index contributed by atoms with van der Waals surface area (Å²) in [4.78, 5) is 0. The second kappa shape index (κ2) is 10.1. The monoisotopic (exact) mass is 181 g/mol. The summed E-state index contributed by atoms with van der Waals surface area (Å²) in [6.07, 6.45) is 7.21. The van der Waals surface area contributed by atoms with Crippen molar-refractivity contribution in [1.29, 1.82) is 0 Å². The van der Waals surface area contributed by atoms with Crippen molar-refractivity contribution in [2.45, 2.75) is 52.3 Å². The van der Waals surface area contributed by atoms with Gasteiger partial charge in [-0.05, 0) is 31.8 Å². The minimum atomic E-state index is 0.809. The maximum absolute atomic E-state index is 5.44. The van der Waals surface area contributed by atoms with Crippen LogP contribution in [-0.2, 0) is 0 Å². The van der Waals surface area contributed by atoms with Gasteiger partial charge < -0.3 is 5.32 Å². The molecule has 0 spiro atoms. The first-order valence-corrected chi connectivity index (χ1v) is 5.72. The van der Waals surface area contributed by atoms with E-state index in [0.717, 1.165) is 12.2 Å². The maximum atomic E-state index is 5.44. The summed E-state index contributed by atoms with van der Waals surface area (Å²) in [5.41, 5.74) is 0. The van der Waals surface area contributed by atoms with E-state index in [0.29, 0.717) is 0 Å². The molecule has 0 rings (SSSR count). The van der Waals surface area contributed by atoms with E-state index >= 15 is 0 Å². The Bertz CT molecular complexity index is 96.1. The summed E-state index contributed by atoms with van der Waals surface area (Å²) in [5.74, 6) is 0.809. The predicted octanol–water partition coefficient (Wildman–Crippen LogP) is 2.77. The van der Waals surface area contributed by atoms with Crippen LogP contribution in [0.25, 0.3) is 0 Å². The van der Waals surface area contributed by atoms with Gasteiger partial charge >= 0.3 is 0 Å². The molecule has 2 radical (unpaired) electrons. The summed E-state index contributed by atoms with van der Waals surface area (Å²) in [5, 5.41) is 3.48. The SMILES string of the molecule is [B]CCCCC(C)CNCCCC. The van der Waals surface area contributed by atoms with E-state index in [2.05, 4.69) is 19.2 Å². The Balaban J connectivity index is 3.05. The molecule has 0 amide bonds. The Labute approximate surface area is 85.1 Å². The summed E-state index contributed by atoms with van der Waals surface area (Å²) >= 11 is 0. The molecule has 0 aliphatic rings. The van der Waals surface area contributed by atoms with Crippen LogP contribution in [0.4, 0.5) is 0 Å². The molecule has 1 nitrogen and oxygen atoms in total. The molecule has 76 valence electrons. The van der Waals surface area contributed by atoms with Gasteiger partial charge in [0.25, 0.3) is 0 Å². The van der Waals surface area contributed by atoms with Gasteiger partial charge in [0.2, 0.25) is 0 Å². The Hall–Kier alpha value is 0.0249. The molecule has 0 bridgehead atoms. The molecule has 0 saturated heterocycles. The van der Waals surface area contributed by atoms with Gasteiger partial charge in [0.1, 0.15) is 0 Å². The van der Waals surface area contributed by atoms with Gasteiger partial charge in [-0.2, -0.15) is 0 Å². The van der Waals surface area contributed by atoms with E-state index in [-0.39, 0.29) is 0 Å². The molecule has 1 unspecified atom stereocenters. The lowest BCUT2D eigenvalue weighted by molar-refractivity contribution is 0.461. The molecule has 1 N–H and O–H groups in total. The lowest BCUT2D eigenvalue weighted by atomic mass is 9.96. The van der Waals surface area contributed by atoms with Gasteiger partial charge in [-0.15, -0.1) is 0 Å². The third-order valence-corrected chi connectivity index (χ3v) is 2.35. The number of hydrogen-bond acceptors (Lipinski definition) is 1. The van der Waals surface area contributed by atoms with Gasteiger partial charge in [-0.1, -0.05) is 39.4 Å². The highest BCUT2D eigenvalue weighted by Gasteiger charge is 1.99. The van der Waals surface area contributed by atoms with Crippen LogP contribution in [0.15, 0.2) is 0 Å². The van der Waals surface area contributed by atoms with E-state index in [4.69, 9.17) is 7.85 Å². The van der Waals surface area contributed by atoms with Crippen LogP contribution in [0.5, 0.6) is 0 Å². The number of unbranched alkanes of at least 4 members (excludes halogenated alkanes) is 2. The van der Waals surface area contributed by atoms with Crippen LogP contribution in [0, 0.1) is 5.92 Å². The largest absolute Gasteiger partial charge is 0.316 e. The standard InChI is InChI=1S/C11H24BN/c1-3-4-9-13-10-11(2)7-5-6-8-12/h11,13H,3-10H2,1-2H3. The van der Waals surface area contributed by atoms with Crippen molar-refractivity contribution in [3.8, 4) is 0 Å². The first-order chi connectivity index (χ1) is 6.31. The van der Waals surface area contributed by atoms with Gasteiger partial charge in [0, 0.05) is 0 Å². The molecular formula is C11H24BN. The van der Waals surface area contributed by atoms with Crippen molar-refractivity contribution >= 4 is 7.85 Å². The zero-order chi connectivity index (χ0) is 9.94. The molecule has 13 heavy (non-hydrogen) atoms. The number of rotatable bonds is 9. The minimum absolute atomic E-state index is 0.809. The third-order valence-electron chi connectivity index (χ3n) is 2.35. The zero-order valence-corrected chi connectivity index (χ0v) is 9.31. The molecule has 0 aromatic carbocycles. The smallest absolute Gasteiger partial charge is 0.0653 e. The average Bonchev–Trinajstić information content (AvgIpc) is 2.13. The minimum Gasteiger partial charge on any atom is -0.316 e. The van der Waals surface area contributed by atoms with Crippen LogP contribution < -0.4 is 5.32 Å². The van der Waals surface area contributed by atoms with Crippen LogP contribution in [0.1, 0.15) is 46.0 Å². The first-order valence-electron chi connectivity index (χ1n) is 5.72. The van der Waals surface area contributed by atoms with Crippen molar-refractivity contribution < 1.29 is 0 Å². The van der Waals surface area contributed by atoms with Gasteiger partial charge in [0.05, 0.1) is 7.85 Å². The molecular weight excluding hydrogens is 157 g/mol. The van der Waals surface area contributed by atoms with Crippen molar-refractivity contribution in [3.63, 3.8) is 0 Å². The lowest BCUT2D eigenvalue weighted by Crippen LogP contribution is -2.22. The van der Waals surface area contributed by atoms with Crippen molar-refractivity contribution in [1.82, 2.24) is 5.32 Å². The van der Waals surface area contributed by atoms with Crippen molar-refractivity contribution in [3.05, 3.63) is 0 Å². The molecule has 0 saturated carbocycles. The highest BCUT2D eigenvalue weighted by Crippen LogP contribution is 2.07. The fraction of sp³-hybridized carbons (Fsp3) is 1.00. The number of nitrogens with one attached hydrogen (secondary N) is 1. The molecule has 2 heteroatoms. The Morgan fingerprint density at radius 1 is 1.23 bits per heavy atom. The highest BCUT2D eigenvalue weighted by atomic mass is 14.8. The Kier molecular flexibility index (Phi) is 10.1. The van der Waals surface area contributed by atoms with Crippen molar-refractivity contribution in [2.75, 3.05) is 13.1 Å². The molecule has 0 heterocycles. The van der Waals surface area contributed by atoms with Crippen LogP contribution in [0.2, 0.25) is 6.32 Å². The molecule has 1 atom stereocenters. The van der Waals surface area contributed by atoms with E-state index in [1.807, 2.05) is 0 Å². The summed E-state index contributed by atoms with van der Waals surface area (Å²) in [6, 6.07) is 0. The molecule has 0 aliphatic heterocycles. The zero-order valence-electron chi connectivity index (χ0n) is 9.31. The summed E-state index contributed by atoms with van der Waals surface area (Å²) < 4.78 is 0. The maximum Gasteiger partial charge on any atom is 0.0653 e. The van der Waals surface area contributed by atoms with Crippen LogP contribution >= 0.6 is 0 Å². The van der Waals surface area contributed by atoms with Gasteiger partial charge in [-0.25, -0.2) is 0 Å². The lowest BCUT2D eigenvalue weighted by Gasteiger charge is -2.11. The second-order valence-electron chi connectivity index (χ2n) is 3.95.